The normalized spacial score (nSPS) is 10.6. The van der Waals surface area contributed by atoms with Crippen LogP contribution in [0.4, 0.5) is 5.82 Å². The number of nitrogen functional groups attached to an aromatic ring is 1. The van der Waals surface area contributed by atoms with Gasteiger partial charge in [0, 0.05) is 6.20 Å². The number of benzene rings is 1. The van der Waals surface area contributed by atoms with Crippen molar-refractivity contribution >= 4 is 11.7 Å². The lowest BCUT2D eigenvalue weighted by Crippen LogP contribution is -2.32. The number of carbonyl (C=O) groups excluding carboxylic acids is 1. The molecule has 0 bridgehead atoms. The fourth-order valence-corrected chi connectivity index (χ4v) is 1.77. The van der Waals surface area contributed by atoms with Crippen molar-refractivity contribution in [3.8, 4) is 5.75 Å². The summed E-state index contributed by atoms with van der Waals surface area (Å²) in [5.74, 6) is 0.582. The lowest BCUT2D eigenvalue weighted by molar-refractivity contribution is 0.0831. The van der Waals surface area contributed by atoms with Crippen LogP contribution in [0.2, 0.25) is 0 Å². The molecule has 0 aliphatic carbocycles. The molecule has 0 spiro atoms. The van der Waals surface area contributed by atoms with Gasteiger partial charge in [0.2, 0.25) is 0 Å². The fraction of sp³-hybridized carbons (Fsp3) is 0.267. The van der Waals surface area contributed by atoms with Gasteiger partial charge in [0.1, 0.15) is 11.6 Å². The minimum absolute atomic E-state index is 0.0780. The fourth-order valence-electron chi connectivity index (χ4n) is 1.77. The first kappa shape index (κ1) is 14.8. The van der Waals surface area contributed by atoms with Gasteiger partial charge in [0.25, 0.3) is 5.91 Å². The average Bonchev–Trinajstić information content (AvgIpc) is 2.45. The Hall–Kier alpha value is -2.63. The highest BCUT2D eigenvalue weighted by atomic mass is 16.5. The summed E-state index contributed by atoms with van der Waals surface area (Å²) in [5, 5.41) is 0. The number of anilines is 1. The summed E-state index contributed by atoms with van der Waals surface area (Å²) in [5.41, 5.74) is 5.84. The van der Waals surface area contributed by atoms with Gasteiger partial charge in [-0.2, -0.15) is 4.98 Å². The van der Waals surface area contributed by atoms with Crippen molar-refractivity contribution in [3.63, 3.8) is 0 Å². The Kier molecular flexibility index (Phi) is 4.37. The summed E-state index contributed by atoms with van der Waals surface area (Å²) in [7, 11) is 0. The van der Waals surface area contributed by atoms with Gasteiger partial charge in [-0.15, -0.1) is 0 Å². The second kappa shape index (κ2) is 6.21. The molecule has 1 heterocycles. The SMILES string of the molecule is CC(C)c1ccc(OCC(=O)n2ccc(N)nc2=O)cc1. The maximum Gasteiger partial charge on any atom is 0.356 e. The van der Waals surface area contributed by atoms with E-state index in [4.69, 9.17) is 10.5 Å². The summed E-state index contributed by atoms with van der Waals surface area (Å²) < 4.78 is 6.25. The average molecular weight is 287 g/mol. The molecule has 0 amide bonds. The summed E-state index contributed by atoms with van der Waals surface area (Å²) >= 11 is 0. The zero-order valence-electron chi connectivity index (χ0n) is 11.9. The van der Waals surface area contributed by atoms with Gasteiger partial charge in [0.05, 0.1) is 0 Å². The Morgan fingerprint density at radius 3 is 2.52 bits per heavy atom. The maximum atomic E-state index is 11.9. The Labute approximate surface area is 122 Å². The standard InChI is InChI=1S/C15H17N3O3/c1-10(2)11-3-5-12(6-4-11)21-9-14(19)18-8-7-13(16)17-15(18)20/h3-8,10H,9H2,1-2H3,(H2,16,17,20). The second-order valence-corrected chi connectivity index (χ2v) is 4.91. The van der Waals surface area contributed by atoms with Crippen molar-refractivity contribution in [2.45, 2.75) is 19.8 Å². The molecular weight excluding hydrogens is 270 g/mol. The third-order valence-electron chi connectivity index (χ3n) is 3.00. The topological polar surface area (TPSA) is 87.2 Å². The number of nitrogens with two attached hydrogens (primary N) is 1. The third-order valence-corrected chi connectivity index (χ3v) is 3.00. The van der Waals surface area contributed by atoms with Crippen LogP contribution in [0.1, 0.15) is 30.1 Å². The molecule has 0 atom stereocenters. The Morgan fingerprint density at radius 2 is 1.95 bits per heavy atom. The number of rotatable bonds is 4. The first-order valence-electron chi connectivity index (χ1n) is 6.58. The summed E-state index contributed by atoms with van der Waals surface area (Å²) in [6.45, 7) is 3.95. The summed E-state index contributed by atoms with van der Waals surface area (Å²) in [6.07, 6.45) is 1.29. The molecule has 0 saturated heterocycles. The van der Waals surface area contributed by atoms with Gasteiger partial charge in [0.15, 0.2) is 6.61 Å². The predicted molar refractivity (Wildman–Crippen MR) is 79.6 cm³/mol. The molecule has 110 valence electrons. The molecule has 0 aliphatic heterocycles. The van der Waals surface area contributed by atoms with Gasteiger partial charge in [-0.25, -0.2) is 9.36 Å². The second-order valence-electron chi connectivity index (χ2n) is 4.91. The molecule has 6 nitrogen and oxygen atoms in total. The number of hydrogen-bond acceptors (Lipinski definition) is 5. The van der Waals surface area contributed by atoms with Crippen LogP contribution in [0.25, 0.3) is 0 Å². The summed E-state index contributed by atoms with van der Waals surface area (Å²) in [6, 6.07) is 8.87. The largest absolute Gasteiger partial charge is 0.484 e. The highest BCUT2D eigenvalue weighted by molar-refractivity contribution is 5.80. The van der Waals surface area contributed by atoms with Gasteiger partial charge in [-0.3, -0.25) is 4.79 Å². The predicted octanol–water partition coefficient (Wildman–Crippen LogP) is 1.67. The monoisotopic (exact) mass is 287 g/mol. The van der Waals surface area contributed by atoms with E-state index in [1.54, 1.807) is 12.1 Å². The lowest BCUT2D eigenvalue weighted by atomic mass is 10.0. The molecule has 1 aromatic heterocycles. The quantitative estimate of drug-likeness (QED) is 0.924. The molecule has 2 N–H and O–H groups in total. The van der Waals surface area contributed by atoms with Crippen LogP contribution in [0.3, 0.4) is 0 Å². The van der Waals surface area contributed by atoms with Gasteiger partial charge < -0.3 is 10.5 Å². The Bertz CT molecular complexity index is 690. The van der Waals surface area contributed by atoms with Gasteiger partial charge in [-0.05, 0) is 29.7 Å². The lowest BCUT2D eigenvalue weighted by Gasteiger charge is -2.09. The van der Waals surface area contributed by atoms with Gasteiger partial charge >= 0.3 is 5.69 Å². The Morgan fingerprint density at radius 1 is 1.29 bits per heavy atom. The van der Waals surface area contributed by atoms with E-state index in [1.807, 2.05) is 12.1 Å². The molecule has 0 aliphatic rings. The number of hydrogen-bond donors (Lipinski definition) is 1. The molecule has 21 heavy (non-hydrogen) atoms. The number of aromatic nitrogens is 2. The molecule has 0 radical (unpaired) electrons. The molecule has 6 heteroatoms. The van der Waals surface area contributed by atoms with E-state index in [-0.39, 0.29) is 12.4 Å². The van der Waals surface area contributed by atoms with Crippen molar-refractivity contribution in [2.24, 2.45) is 0 Å². The summed E-state index contributed by atoms with van der Waals surface area (Å²) in [4.78, 5) is 26.9. The number of nitrogens with zero attached hydrogens (tertiary/aromatic N) is 2. The highest BCUT2D eigenvalue weighted by Gasteiger charge is 2.09. The van der Waals surface area contributed by atoms with E-state index < -0.39 is 11.6 Å². The molecule has 0 unspecified atom stereocenters. The van der Waals surface area contributed by atoms with E-state index >= 15 is 0 Å². The van der Waals surface area contributed by atoms with Crippen molar-refractivity contribution in [1.82, 2.24) is 9.55 Å². The zero-order valence-corrected chi connectivity index (χ0v) is 11.9. The van der Waals surface area contributed by atoms with E-state index in [1.165, 1.54) is 17.8 Å². The zero-order chi connectivity index (χ0) is 15.4. The first-order chi connectivity index (χ1) is 9.97. The van der Waals surface area contributed by atoms with E-state index in [9.17, 15) is 9.59 Å². The Balaban J connectivity index is 2.02. The minimum atomic E-state index is -0.709. The molecule has 2 aromatic rings. The third kappa shape index (κ3) is 3.68. The minimum Gasteiger partial charge on any atom is -0.484 e. The van der Waals surface area contributed by atoms with Crippen molar-refractivity contribution in [3.05, 3.63) is 52.6 Å². The highest BCUT2D eigenvalue weighted by Crippen LogP contribution is 2.18. The van der Waals surface area contributed by atoms with E-state index in [0.29, 0.717) is 11.7 Å². The van der Waals surface area contributed by atoms with Crippen LogP contribution in [-0.4, -0.2) is 22.1 Å². The molecular formula is C15H17N3O3. The molecule has 0 saturated carbocycles. The van der Waals surface area contributed by atoms with Crippen LogP contribution in [-0.2, 0) is 0 Å². The van der Waals surface area contributed by atoms with E-state index in [0.717, 1.165) is 4.57 Å². The maximum absolute atomic E-state index is 11.9. The molecule has 2 rings (SSSR count). The molecule has 1 aromatic carbocycles. The van der Waals surface area contributed by atoms with Crippen molar-refractivity contribution in [2.75, 3.05) is 12.3 Å². The first-order valence-corrected chi connectivity index (χ1v) is 6.58. The van der Waals surface area contributed by atoms with E-state index in [2.05, 4.69) is 18.8 Å². The van der Waals surface area contributed by atoms with Crippen LogP contribution in [0, 0.1) is 0 Å². The van der Waals surface area contributed by atoms with Crippen LogP contribution >= 0.6 is 0 Å². The van der Waals surface area contributed by atoms with Crippen LogP contribution < -0.4 is 16.2 Å². The van der Waals surface area contributed by atoms with Crippen molar-refractivity contribution in [1.29, 1.82) is 0 Å². The van der Waals surface area contributed by atoms with Crippen molar-refractivity contribution < 1.29 is 9.53 Å². The smallest absolute Gasteiger partial charge is 0.356 e. The van der Waals surface area contributed by atoms with Crippen LogP contribution in [0.15, 0.2) is 41.3 Å². The number of carbonyl (C=O) groups is 1. The molecule has 0 fully saturated rings. The number of ether oxygens (including phenoxy) is 1. The van der Waals surface area contributed by atoms with Gasteiger partial charge in [-0.1, -0.05) is 26.0 Å². The van der Waals surface area contributed by atoms with Crippen LogP contribution in [0.5, 0.6) is 5.75 Å².